The predicted octanol–water partition coefficient (Wildman–Crippen LogP) is 2.30. The number of quaternary nitrogens is 1. The molecule has 0 radical (unpaired) electrons. The van der Waals surface area contributed by atoms with Crippen molar-refractivity contribution in [2.45, 2.75) is 46.1 Å². The standard InChI is InChI=1S/C21H29N3O3/c1-14(2)19(15-8-10-16(11-9-15)21(3,4)5)22-13-18(25)23-24-20(26)17-7-6-12-27-17/h6-12,14,19,22H,13H2,1-5H3,(H,23,25)(H,24,26)/p+1/t19-/m0/s1. The van der Waals surface area contributed by atoms with E-state index in [1.54, 1.807) is 6.07 Å². The first-order chi connectivity index (χ1) is 12.7. The minimum atomic E-state index is -0.480. The van der Waals surface area contributed by atoms with Crippen LogP contribution in [-0.4, -0.2) is 18.4 Å². The fraction of sp³-hybridized carbons (Fsp3) is 0.429. The number of hydrogen-bond acceptors (Lipinski definition) is 3. The largest absolute Gasteiger partial charge is 0.459 e. The summed E-state index contributed by atoms with van der Waals surface area (Å²) in [4.78, 5) is 23.8. The monoisotopic (exact) mass is 372 g/mol. The van der Waals surface area contributed by atoms with Crippen molar-refractivity contribution < 1.29 is 19.3 Å². The van der Waals surface area contributed by atoms with Crippen molar-refractivity contribution >= 4 is 11.8 Å². The molecular weight excluding hydrogens is 342 g/mol. The van der Waals surface area contributed by atoms with Gasteiger partial charge in [-0.25, -0.2) is 0 Å². The number of hydrazine groups is 1. The SMILES string of the molecule is CC(C)[C@H]([NH2+]CC(=O)NNC(=O)c1ccco1)c1ccc(C(C)(C)C)cc1. The van der Waals surface area contributed by atoms with Crippen LogP contribution in [0.1, 0.15) is 62.3 Å². The number of nitrogens with two attached hydrogens (primary N) is 1. The maximum atomic E-state index is 12.1. The Morgan fingerprint density at radius 3 is 2.26 bits per heavy atom. The van der Waals surface area contributed by atoms with E-state index in [4.69, 9.17) is 4.42 Å². The van der Waals surface area contributed by atoms with Gasteiger partial charge in [0.1, 0.15) is 6.04 Å². The zero-order valence-corrected chi connectivity index (χ0v) is 16.7. The van der Waals surface area contributed by atoms with E-state index in [9.17, 15) is 9.59 Å². The van der Waals surface area contributed by atoms with E-state index in [0.29, 0.717) is 5.92 Å². The Kier molecular flexibility index (Phi) is 6.80. The molecule has 0 unspecified atom stereocenters. The van der Waals surface area contributed by atoms with E-state index in [2.05, 4.69) is 69.7 Å². The van der Waals surface area contributed by atoms with Crippen LogP contribution in [-0.2, 0) is 10.2 Å². The van der Waals surface area contributed by atoms with E-state index >= 15 is 0 Å². The van der Waals surface area contributed by atoms with Crippen LogP contribution in [0.5, 0.6) is 0 Å². The highest BCUT2D eigenvalue weighted by Gasteiger charge is 2.22. The quantitative estimate of drug-likeness (QED) is 0.680. The van der Waals surface area contributed by atoms with Crippen molar-refractivity contribution in [1.29, 1.82) is 0 Å². The third kappa shape index (κ3) is 5.96. The van der Waals surface area contributed by atoms with Gasteiger partial charge in [0, 0.05) is 11.5 Å². The smallest absolute Gasteiger partial charge is 0.305 e. The van der Waals surface area contributed by atoms with Crippen LogP contribution >= 0.6 is 0 Å². The number of hydrogen-bond donors (Lipinski definition) is 3. The molecule has 0 bridgehead atoms. The zero-order chi connectivity index (χ0) is 20.0. The highest BCUT2D eigenvalue weighted by molar-refractivity contribution is 5.92. The Morgan fingerprint density at radius 2 is 1.74 bits per heavy atom. The number of amides is 2. The average molecular weight is 372 g/mol. The van der Waals surface area contributed by atoms with Crippen molar-refractivity contribution in [2.24, 2.45) is 5.92 Å². The first kappa shape index (κ1) is 20.7. The van der Waals surface area contributed by atoms with Gasteiger partial charge in [0.25, 0.3) is 5.91 Å². The average Bonchev–Trinajstić information content (AvgIpc) is 3.14. The van der Waals surface area contributed by atoms with Gasteiger partial charge in [0.2, 0.25) is 0 Å². The molecule has 146 valence electrons. The summed E-state index contributed by atoms with van der Waals surface area (Å²) in [5.74, 6) is -0.243. The summed E-state index contributed by atoms with van der Waals surface area (Å²) in [5, 5.41) is 1.99. The van der Waals surface area contributed by atoms with Crippen molar-refractivity contribution in [3.63, 3.8) is 0 Å². The summed E-state index contributed by atoms with van der Waals surface area (Å²) >= 11 is 0. The van der Waals surface area contributed by atoms with Crippen LogP contribution in [0.2, 0.25) is 0 Å². The van der Waals surface area contributed by atoms with Crippen molar-refractivity contribution in [2.75, 3.05) is 6.54 Å². The van der Waals surface area contributed by atoms with Crippen LogP contribution in [0.4, 0.5) is 0 Å². The number of rotatable bonds is 6. The third-order valence-corrected chi connectivity index (χ3v) is 4.50. The van der Waals surface area contributed by atoms with E-state index in [1.807, 2.05) is 5.32 Å². The summed E-state index contributed by atoms with van der Waals surface area (Å²) in [6, 6.07) is 11.9. The molecular formula is C21H30N3O3+. The molecule has 1 atom stereocenters. The minimum Gasteiger partial charge on any atom is -0.459 e. The number of carbonyl (C=O) groups is 2. The van der Waals surface area contributed by atoms with Crippen molar-refractivity contribution in [3.8, 4) is 0 Å². The van der Waals surface area contributed by atoms with Gasteiger partial charge in [-0.3, -0.25) is 20.4 Å². The zero-order valence-electron chi connectivity index (χ0n) is 16.7. The lowest BCUT2D eigenvalue weighted by atomic mass is 9.85. The van der Waals surface area contributed by atoms with E-state index in [1.165, 1.54) is 23.5 Å². The molecule has 6 nitrogen and oxygen atoms in total. The highest BCUT2D eigenvalue weighted by Crippen LogP contribution is 2.25. The molecule has 6 heteroatoms. The number of carbonyl (C=O) groups excluding carboxylic acids is 2. The lowest BCUT2D eigenvalue weighted by Crippen LogP contribution is -2.88. The van der Waals surface area contributed by atoms with Gasteiger partial charge >= 0.3 is 5.91 Å². The summed E-state index contributed by atoms with van der Waals surface area (Å²) in [7, 11) is 0. The maximum Gasteiger partial charge on any atom is 0.305 e. The second-order valence-corrected chi connectivity index (χ2v) is 8.06. The molecule has 2 aromatic rings. The van der Waals surface area contributed by atoms with Crippen LogP contribution in [0, 0.1) is 5.92 Å². The topological polar surface area (TPSA) is 88.0 Å². The van der Waals surface area contributed by atoms with Gasteiger partial charge in [-0.2, -0.15) is 0 Å². The Balaban J connectivity index is 1.90. The van der Waals surface area contributed by atoms with E-state index in [0.717, 1.165) is 0 Å². The second kappa shape index (κ2) is 8.86. The van der Waals surface area contributed by atoms with E-state index in [-0.39, 0.29) is 29.7 Å². The van der Waals surface area contributed by atoms with Gasteiger partial charge in [0.05, 0.1) is 6.26 Å². The molecule has 2 rings (SSSR count). The number of furan rings is 1. The molecule has 0 aliphatic heterocycles. The van der Waals surface area contributed by atoms with Gasteiger partial charge in [-0.1, -0.05) is 58.9 Å². The van der Waals surface area contributed by atoms with Crippen LogP contribution < -0.4 is 16.2 Å². The van der Waals surface area contributed by atoms with Gasteiger partial charge in [0.15, 0.2) is 12.3 Å². The first-order valence-electron chi connectivity index (χ1n) is 9.25. The molecule has 0 fully saturated rings. The molecule has 0 aliphatic rings. The van der Waals surface area contributed by atoms with Crippen LogP contribution in [0.3, 0.4) is 0 Å². The Hall–Kier alpha value is -2.60. The van der Waals surface area contributed by atoms with Crippen LogP contribution in [0.25, 0.3) is 0 Å². The number of benzene rings is 1. The Morgan fingerprint density at radius 1 is 1.07 bits per heavy atom. The van der Waals surface area contributed by atoms with Gasteiger partial charge in [-0.05, 0) is 23.1 Å². The minimum absolute atomic E-state index is 0.113. The molecule has 0 saturated heterocycles. The molecule has 27 heavy (non-hydrogen) atoms. The molecule has 0 spiro atoms. The first-order valence-corrected chi connectivity index (χ1v) is 9.25. The lowest BCUT2D eigenvalue weighted by Gasteiger charge is -2.22. The maximum absolute atomic E-state index is 12.1. The normalized spacial score (nSPS) is 12.7. The van der Waals surface area contributed by atoms with Crippen molar-refractivity contribution in [1.82, 2.24) is 10.9 Å². The summed E-state index contributed by atoms with van der Waals surface area (Å²) in [5.41, 5.74) is 7.35. The molecule has 1 heterocycles. The molecule has 4 N–H and O–H groups in total. The predicted molar refractivity (Wildman–Crippen MR) is 104 cm³/mol. The third-order valence-electron chi connectivity index (χ3n) is 4.50. The molecule has 2 amide bonds. The molecule has 1 aromatic carbocycles. The van der Waals surface area contributed by atoms with Gasteiger partial charge in [-0.15, -0.1) is 0 Å². The highest BCUT2D eigenvalue weighted by atomic mass is 16.3. The second-order valence-electron chi connectivity index (χ2n) is 8.06. The van der Waals surface area contributed by atoms with Gasteiger partial charge < -0.3 is 9.73 Å². The summed E-state index contributed by atoms with van der Waals surface area (Å²) in [6.07, 6.45) is 1.41. The molecule has 0 saturated carbocycles. The number of nitrogens with one attached hydrogen (secondary N) is 2. The summed E-state index contributed by atoms with van der Waals surface area (Å²) in [6.45, 7) is 11.0. The Labute approximate surface area is 160 Å². The van der Waals surface area contributed by atoms with E-state index < -0.39 is 5.91 Å². The molecule has 1 aromatic heterocycles. The summed E-state index contributed by atoms with van der Waals surface area (Å²) < 4.78 is 4.98. The lowest BCUT2D eigenvalue weighted by molar-refractivity contribution is -0.692. The fourth-order valence-corrected chi connectivity index (χ4v) is 2.88. The van der Waals surface area contributed by atoms with Crippen LogP contribution in [0.15, 0.2) is 47.1 Å². The fourth-order valence-electron chi connectivity index (χ4n) is 2.88. The Bertz CT molecular complexity index is 744. The van der Waals surface area contributed by atoms with Crippen molar-refractivity contribution in [3.05, 3.63) is 59.5 Å². The molecule has 0 aliphatic carbocycles.